The minimum atomic E-state index is -0.326. The van der Waals surface area contributed by atoms with Gasteiger partial charge in [0.05, 0.1) is 18.3 Å². The number of benzene rings is 3. The van der Waals surface area contributed by atoms with E-state index in [1.165, 1.54) is 24.3 Å². The summed E-state index contributed by atoms with van der Waals surface area (Å²) in [4.78, 5) is 21.7. The van der Waals surface area contributed by atoms with E-state index in [9.17, 15) is 14.3 Å². The van der Waals surface area contributed by atoms with Crippen LogP contribution in [0.5, 0.6) is 5.75 Å². The number of rotatable bonds is 5. The van der Waals surface area contributed by atoms with Crippen molar-refractivity contribution < 1.29 is 14.3 Å². The minimum absolute atomic E-state index is 0.135. The quantitative estimate of drug-likeness (QED) is 0.504. The van der Waals surface area contributed by atoms with Crippen LogP contribution in [0.15, 0.2) is 85.1 Å². The van der Waals surface area contributed by atoms with Gasteiger partial charge in [0.25, 0.3) is 0 Å². The van der Waals surface area contributed by atoms with Crippen molar-refractivity contribution in [3.8, 4) is 28.3 Å². The Morgan fingerprint density at radius 3 is 2.30 bits per heavy atom. The standard InChI is InChI=1S/C24H18FN3O2/c25-19-10-8-17(9-11-19)21-15-26-24(23(27-21)18-4-2-1-3-5-18)28-22(30)14-16-6-12-20(29)13-7-16/h1-13,15,29H,14H2,(H,26,28,30). The van der Waals surface area contributed by atoms with Gasteiger partial charge in [0.1, 0.15) is 17.3 Å². The fourth-order valence-corrected chi connectivity index (χ4v) is 3.01. The number of phenolic OH excluding ortho intramolecular Hbond substituents is 1. The average Bonchev–Trinajstić information content (AvgIpc) is 2.77. The second kappa shape index (κ2) is 8.53. The number of halogens is 1. The first-order chi connectivity index (χ1) is 14.6. The Labute approximate surface area is 172 Å². The van der Waals surface area contributed by atoms with Crippen molar-refractivity contribution in [3.05, 3.63) is 96.4 Å². The number of hydrogen-bond donors (Lipinski definition) is 2. The molecule has 0 bridgehead atoms. The molecule has 5 nitrogen and oxygen atoms in total. The molecule has 1 aromatic heterocycles. The molecule has 30 heavy (non-hydrogen) atoms. The first-order valence-corrected chi connectivity index (χ1v) is 9.34. The second-order valence-electron chi connectivity index (χ2n) is 6.72. The smallest absolute Gasteiger partial charge is 0.230 e. The van der Waals surface area contributed by atoms with Gasteiger partial charge in [-0.1, -0.05) is 42.5 Å². The molecule has 0 radical (unpaired) electrons. The van der Waals surface area contributed by atoms with Crippen LogP contribution in [-0.4, -0.2) is 21.0 Å². The molecule has 0 aliphatic carbocycles. The molecule has 1 heterocycles. The van der Waals surface area contributed by atoms with E-state index in [2.05, 4.69) is 15.3 Å². The highest BCUT2D eigenvalue weighted by atomic mass is 19.1. The normalized spacial score (nSPS) is 10.6. The Morgan fingerprint density at radius 1 is 0.900 bits per heavy atom. The van der Waals surface area contributed by atoms with Crippen molar-refractivity contribution in [1.82, 2.24) is 9.97 Å². The Balaban J connectivity index is 1.65. The van der Waals surface area contributed by atoms with E-state index in [-0.39, 0.29) is 23.9 Å². The van der Waals surface area contributed by atoms with Crippen LogP contribution in [0.2, 0.25) is 0 Å². The minimum Gasteiger partial charge on any atom is -0.508 e. The number of hydrogen-bond acceptors (Lipinski definition) is 4. The summed E-state index contributed by atoms with van der Waals surface area (Å²) in [7, 11) is 0. The summed E-state index contributed by atoms with van der Waals surface area (Å²) in [5, 5.41) is 12.2. The summed E-state index contributed by atoms with van der Waals surface area (Å²) in [5.74, 6) is -0.0848. The second-order valence-corrected chi connectivity index (χ2v) is 6.72. The lowest BCUT2D eigenvalue weighted by molar-refractivity contribution is -0.115. The predicted octanol–water partition coefficient (Wildman–Crippen LogP) is 4.84. The maximum atomic E-state index is 13.3. The highest BCUT2D eigenvalue weighted by molar-refractivity contribution is 5.94. The van der Waals surface area contributed by atoms with Crippen LogP contribution in [0.4, 0.5) is 10.2 Å². The molecule has 4 aromatic rings. The van der Waals surface area contributed by atoms with Crippen molar-refractivity contribution in [3.63, 3.8) is 0 Å². The van der Waals surface area contributed by atoms with Gasteiger partial charge in [0.2, 0.25) is 5.91 Å². The third-order valence-electron chi connectivity index (χ3n) is 4.52. The van der Waals surface area contributed by atoms with Crippen molar-refractivity contribution in [2.45, 2.75) is 6.42 Å². The number of aromatic nitrogens is 2. The van der Waals surface area contributed by atoms with Crippen LogP contribution < -0.4 is 5.32 Å². The Bertz CT molecular complexity index is 1160. The number of amides is 1. The first kappa shape index (κ1) is 19.3. The van der Waals surface area contributed by atoms with Gasteiger partial charge < -0.3 is 10.4 Å². The number of anilines is 1. The number of nitrogens with zero attached hydrogens (tertiary/aromatic N) is 2. The van der Waals surface area contributed by atoms with E-state index in [1.807, 2.05) is 30.3 Å². The molecule has 0 saturated heterocycles. The fraction of sp³-hybridized carbons (Fsp3) is 0.0417. The molecule has 0 unspecified atom stereocenters. The molecule has 0 fully saturated rings. The van der Waals surface area contributed by atoms with Crippen LogP contribution in [0.25, 0.3) is 22.5 Å². The molecule has 0 saturated carbocycles. The first-order valence-electron chi connectivity index (χ1n) is 9.34. The van der Waals surface area contributed by atoms with E-state index in [0.29, 0.717) is 17.2 Å². The number of carbonyl (C=O) groups is 1. The lowest BCUT2D eigenvalue weighted by Gasteiger charge is -2.12. The topological polar surface area (TPSA) is 75.1 Å². The molecule has 2 N–H and O–H groups in total. The van der Waals surface area contributed by atoms with Crippen LogP contribution in [0.1, 0.15) is 5.56 Å². The highest BCUT2D eigenvalue weighted by Crippen LogP contribution is 2.28. The molecule has 6 heteroatoms. The van der Waals surface area contributed by atoms with Crippen molar-refractivity contribution in [2.75, 3.05) is 5.32 Å². The molecule has 0 aliphatic rings. The maximum absolute atomic E-state index is 13.3. The highest BCUT2D eigenvalue weighted by Gasteiger charge is 2.14. The van der Waals surface area contributed by atoms with Gasteiger partial charge in [-0.05, 0) is 42.0 Å². The van der Waals surface area contributed by atoms with Crippen molar-refractivity contribution >= 4 is 11.7 Å². The third-order valence-corrected chi connectivity index (χ3v) is 4.52. The zero-order valence-corrected chi connectivity index (χ0v) is 15.9. The SMILES string of the molecule is O=C(Cc1ccc(O)cc1)Nc1ncc(-c2ccc(F)cc2)nc1-c1ccccc1. The van der Waals surface area contributed by atoms with Crippen LogP contribution >= 0.6 is 0 Å². The molecule has 0 aliphatic heterocycles. The number of phenols is 1. The summed E-state index contributed by atoms with van der Waals surface area (Å²) >= 11 is 0. The lowest BCUT2D eigenvalue weighted by atomic mass is 10.1. The van der Waals surface area contributed by atoms with Gasteiger partial charge in [-0.15, -0.1) is 0 Å². The monoisotopic (exact) mass is 399 g/mol. The van der Waals surface area contributed by atoms with Gasteiger partial charge in [0, 0.05) is 11.1 Å². The predicted molar refractivity (Wildman–Crippen MR) is 113 cm³/mol. The van der Waals surface area contributed by atoms with Gasteiger partial charge in [0.15, 0.2) is 5.82 Å². The Morgan fingerprint density at radius 2 is 1.60 bits per heavy atom. The molecule has 4 rings (SSSR count). The summed E-state index contributed by atoms with van der Waals surface area (Å²) < 4.78 is 13.3. The molecule has 1 amide bonds. The van der Waals surface area contributed by atoms with E-state index in [1.54, 1.807) is 30.5 Å². The van der Waals surface area contributed by atoms with E-state index >= 15 is 0 Å². The largest absolute Gasteiger partial charge is 0.508 e. The van der Waals surface area contributed by atoms with Crippen LogP contribution in [-0.2, 0) is 11.2 Å². The molecular weight excluding hydrogens is 381 g/mol. The van der Waals surface area contributed by atoms with Crippen LogP contribution in [0.3, 0.4) is 0 Å². The summed E-state index contributed by atoms with van der Waals surface area (Å²) in [6.07, 6.45) is 1.69. The number of aromatic hydroxyl groups is 1. The van der Waals surface area contributed by atoms with Gasteiger partial charge in [-0.2, -0.15) is 0 Å². The van der Waals surface area contributed by atoms with E-state index in [4.69, 9.17) is 0 Å². The van der Waals surface area contributed by atoms with E-state index < -0.39 is 0 Å². The van der Waals surface area contributed by atoms with Gasteiger partial charge in [-0.25, -0.2) is 14.4 Å². The zero-order valence-electron chi connectivity index (χ0n) is 15.9. The molecule has 0 spiro atoms. The molecule has 0 atom stereocenters. The fourth-order valence-electron chi connectivity index (χ4n) is 3.01. The van der Waals surface area contributed by atoms with Crippen LogP contribution in [0, 0.1) is 5.82 Å². The summed E-state index contributed by atoms with van der Waals surface area (Å²) in [6.45, 7) is 0. The maximum Gasteiger partial charge on any atom is 0.230 e. The summed E-state index contributed by atoms with van der Waals surface area (Å²) in [6, 6.07) is 21.9. The van der Waals surface area contributed by atoms with Gasteiger partial charge >= 0.3 is 0 Å². The molecule has 3 aromatic carbocycles. The van der Waals surface area contributed by atoms with Gasteiger partial charge in [-0.3, -0.25) is 4.79 Å². The Kier molecular flexibility index (Phi) is 5.48. The molecule has 148 valence electrons. The average molecular weight is 399 g/mol. The summed E-state index contributed by atoms with van der Waals surface area (Å²) in [5.41, 5.74) is 3.39. The number of nitrogens with one attached hydrogen (secondary N) is 1. The zero-order chi connectivity index (χ0) is 20.9. The number of carbonyl (C=O) groups excluding carboxylic acids is 1. The molecular formula is C24H18FN3O2. The van der Waals surface area contributed by atoms with E-state index in [0.717, 1.165) is 16.7 Å². The Hall–Kier alpha value is -4.06. The van der Waals surface area contributed by atoms with Crippen molar-refractivity contribution in [1.29, 1.82) is 0 Å². The lowest BCUT2D eigenvalue weighted by Crippen LogP contribution is -2.16. The third kappa shape index (κ3) is 4.50. The van der Waals surface area contributed by atoms with Crippen molar-refractivity contribution in [2.24, 2.45) is 0 Å².